The van der Waals surface area contributed by atoms with Crippen molar-refractivity contribution in [3.8, 4) is 11.5 Å². The first-order valence-corrected chi connectivity index (χ1v) is 11.8. The lowest BCUT2D eigenvalue weighted by Crippen LogP contribution is -2.35. The van der Waals surface area contributed by atoms with Gasteiger partial charge in [0.15, 0.2) is 11.6 Å². The van der Waals surface area contributed by atoms with Gasteiger partial charge < -0.3 is 10.5 Å². The average Bonchev–Trinajstić information content (AvgIpc) is 3.22. The molecule has 158 valence electrons. The Morgan fingerprint density at radius 1 is 0.906 bits per heavy atom. The van der Waals surface area contributed by atoms with E-state index < -0.39 is 0 Å². The molecule has 32 heavy (non-hydrogen) atoms. The van der Waals surface area contributed by atoms with Crippen LogP contribution in [0.25, 0.3) is 5.70 Å². The van der Waals surface area contributed by atoms with Gasteiger partial charge in [-0.05, 0) is 35.2 Å². The zero-order valence-corrected chi connectivity index (χ0v) is 18.7. The molecular formula is C25H20N4OS2. The molecule has 5 nitrogen and oxygen atoms in total. The Morgan fingerprint density at radius 3 is 2.38 bits per heavy atom. The van der Waals surface area contributed by atoms with Crippen molar-refractivity contribution < 1.29 is 4.74 Å². The molecule has 0 bridgehead atoms. The molecule has 2 N–H and O–H groups in total. The molecule has 0 saturated heterocycles. The van der Waals surface area contributed by atoms with Gasteiger partial charge in [-0.3, -0.25) is 9.88 Å². The van der Waals surface area contributed by atoms with Crippen molar-refractivity contribution in [2.75, 3.05) is 4.90 Å². The fourth-order valence-corrected chi connectivity index (χ4v) is 4.98. The van der Waals surface area contributed by atoms with Crippen molar-refractivity contribution in [1.82, 2.24) is 9.97 Å². The van der Waals surface area contributed by atoms with E-state index >= 15 is 0 Å². The number of anilines is 1. The SMILES string of the molecule is NC1SC=C(c2ccccc2)N1c1ncc(Sc2ccncc2)cc1Oc1ccccc1. The molecule has 4 aromatic rings. The highest BCUT2D eigenvalue weighted by atomic mass is 32.2. The molecule has 7 heteroatoms. The third kappa shape index (κ3) is 4.50. The van der Waals surface area contributed by atoms with E-state index in [0.29, 0.717) is 11.6 Å². The van der Waals surface area contributed by atoms with Crippen LogP contribution in [-0.2, 0) is 0 Å². The fraction of sp³-hybridized carbons (Fsp3) is 0.0400. The maximum atomic E-state index is 6.49. The van der Waals surface area contributed by atoms with Crippen LogP contribution < -0.4 is 15.4 Å². The second-order valence-corrected chi connectivity index (χ2v) is 9.10. The van der Waals surface area contributed by atoms with Gasteiger partial charge in [0.05, 0.1) is 5.70 Å². The highest BCUT2D eigenvalue weighted by molar-refractivity contribution is 8.03. The summed E-state index contributed by atoms with van der Waals surface area (Å²) in [5.41, 5.74) is 8.28. The number of nitrogens with two attached hydrogens (primary N) is 1. The number of ether oxygens (including phenoxy) is 1. The number of nitrogens with zero attached hydrogens (tertiary/aromatic N) is 3. The molecule has 0 amide bonds. The second-order valence-electron chi connectivity index (χ2n) is 6.96. The zero-order chi connectivity index (χ0) is 21.8. The molecule has 0 radical (unpaired) electrons. The van der Waals surface area contributed by atoms with Gasteiger partial charge >= 0.3 is 0 Å². The predicted octanol–water partition coefficient (Wildman–Crippen LogP) is 6.21. The largest absolute Gasteiger partial charge is 0.453 e. The number of pyridine rings is 2. The molecule has 1 atom stereocenters. The molecule has 2 aromatic carbocycles. The Balaban J connectivity index is 1.55. The number of aromatic nitrogens is 2. The molecule has 0 saturated carbocycles. The molecule has 0 spiro atoms. The minimum Gasteiger partial charge on any atom is -0.453 e. The smallest absolute Gasteiger partial charge is 0.178 e. The second kappa shape index (κ2) is 9.48. The van der Waals surface area contributed by atoms with Gasteiger partial charge in [0.2, 0.25) is 0 Å². The lowest BCUT2D eigenvalue weighted by molar-refractivity contribution is 0.478. The van der Waals surface area contributed by atoms with Crippen molar-refractivity contribution in [1.29, 1.82) is 0 Å². The van der Waals surface area contributed by atoms with Crippen LogP contribution in [-0.4, -0.2) is 15.5 Å². The first-order chi connectivity index (χ1) is 15.8. The topological polar surface area (TPSA) is 64.3 Å². The van der Waals surface area contributed by atoms with Crippen molar-refractivity contribution in [2.24, 2.45) is 5.73 Å². The third-order valence-electron chi connectivity index (χ3n) is 4.80. The van der Waals surface area contributed by atoms with Crippen LogP contribution in [0.1, 0.15) is 5.56 Å². The molecule has 2 aromatic heterocycles. The van der Waals surface area contributed by atoms with Crippen LogP contribution in [0, 0.1) is 0 Å². The van der Waals surface area contributed by atoms with Gasteiger partial charge in [0.1, 0.15) is 11.2 Å². The molecule has 3 heterocycles. The van der Waals surface area contributed by atoms with Gasteiger partial charge in [-0.15, -0.1) is 0 Å². The fourth-order valence-electron chi connectivity index (χ4n) is 3.33. The summed E-state index contributed by atoms with van der Waals surface area (Å²) < 4.78 is 6.31. The van der Waals surface area contributed by atoms with Crippen LogP contribution in [0.3, 0.4) is 0 Å². The van der Waals surface area contributed by atoms with Crippen molar-refractivity contribution in [3.05, 3.63) is 108 Å². The Kier molecular flexibility index (Phi) is 6.11. The summed E-state index contributed by atoms with van der Waals surface area (Å²) in [7, 11) is 0. The normalized spacial score (nSPS) is 15.5. The lowest BCUT2D eigenvalue weighted by atomic mass is 10.1. The summed E-state index contributed by atoms with van der Waals surface area (Å²) >= 11 is 3.17. The third-order valence-corrected chi connectivity index (χ3v) is 6.61. The van der Waals surface area contributed by atoms with Crippen molar-refractivity contribution in [3.63, 3.8) is 0 Å². The number of thioether (sulfide) groups is 1. The van der Waals surface area contributed by atoms with E-state index in [1.165, 1.54) is 0 Å². The molecule has 1 unspecified atom stereocenters. The summed E-state index contributed by atoms with van der Waals surface area (Å²) in [6.07, 6.45) is 5.42. The molecule has 5 rings (SSSR count). The van der Waals surface area contributed by atoms with Gasteiger partial charge in [0.25, 0.3) is 0 Å². The number of hydrogen-bond donors (Lipinski definition) is 1. The Morgan fingerprint density at radius 2 is 1.62 bits per heavy atom. The summed E-state index contributed by atoms with van der Waals surface area (Å²) in [4.78, 5) is 13.0. The van der Waals surface area contributed by atoms with E-state index in [1.54, 1.807) is 35.9 Å². The number of rotatable bonds is 6. The minimum atomic E-state index is -0.297. The van der Waals surface area contributed by atoms with Crippen LogP contribution in [0.15, 0.2) is 113 Å². The van der Waals surface area contributed by atoms with E-state index in [1.807, 2.05) is 77.8 Å². The van der Waals surface area contributed by atoms with Gasteiger partial charge in [-0.25, -0.2) is 4.98 Å². The summed E-state index contributed by atoms with van der Waals surface area (Å²) in [6, 6.07) is 25.9. The molecule has 1 aliphatic heterocycles. The van der Waals surface area contributed by atoms with Crippen LogP contribution in [0.4, 0.5) is 5.82 Å². The Hall–Kier alpha value is -3.26. The minimum absolute atomic E-state index is 0.297. The molecule has 0 fully saturated rings. The van der Waals surface area contributed by atoms with E-state index in [2.05, 4.69) is 22.5 Å². The predicted molar refractivity (Wildman–Crippen MR) is 132 cm³/mol. The van der Waals surface area contributed by atoms with Crippen molar-refractivity contribution >= 4 is 35.0 Å². The van der Waals surface area contributed by atoms with Crippen LogP contribution >= 0.6 is 23.5 Å². The van der Waals surface area contributed by atoms with Gasteiger partial charge in [0, 0.05) is 34.4 Å². The van der Waals surface area contributed by atoms with Gasteiger partial charge in [-0.2, -0.15) is 0 Å². The van der Waals surface area contributed by atoms with Gasteiger partial charge in [-0.1, -0.05) is 72.1 Å². The molecule has 1 aliphatic rings. The van der Waals surface area contributed by atoms with Crippen LogP contribution in [0.5, 0.6) is 11.5 Å². The monoisotopic (exact) mass is 456 g/mol. The maximum Gasteiger partial charge on any atom is 0.178 e. The van der Waals surface area contributed by atoms with E-state index in [9.17, 15) is 0 Å². The lowest BCUT2D eigenvalue weighted by Gasteiger charge is -2.27. The maximum absolute atomic E-state index is 6.49. The van der Waals surface area contributed by atoms with Crippen LogP contribution in [0.2, 0.25) is 0 Å². The highest BCUT2D eigenvalue weighted by Gasteiger charge is 2.30. The first kappa shape index (κ1) is 20.6. The summed E-state index contributed by atoms with van der Waals surface area (Å²) in [5, 5.41) is 2.08. The quantitative estimate of drug-likeness (QED) is 0.370. The number of hydrogen-bond acceptors (Lipinski definition) is 7. The number of para-hydroxylation sites is 1. The first-order valence-electron chi connectivity index (χ1n) is 10.0. The molecular weight excluding hydrogens is 436 g/mol. The van der Waals surface area contributed by atoms with Crippen molar-refractivity contribution in [2.45, 2.75) is 15.3 Å². The van der Waals surface area contributed by atoms with E-state index in [-0.39, 0.29) is 5.50 Å². The summed E-state index contributed by atoms with van der Waals surface area (Å²) in [6.45, 7) is 0. The highest BCUT2D eigenvalue weighted by Crippen LogP contribution is 2.43. The Labute approximate surface area is 195 Å². The summed E-state index contributed by atoms with van der Waals surface area (Å²) in [5.74, 6) is 2.07. The average molecular weight is 457 g/mol. The molecule has 0 aliphatic carbocycles. The van der Waals surface area contributed by atoms with E-state index in [0.717, 1.165) is 26.8 Å². The number of benzene rings is 2. The Bertz CT molecular complexity index is 1220. The zero-order valence-electron chi connectivity index (χ0n) is 17.0. The van der Waals surface area contributed by atoms with E-state index in [4.69, 9.17) is 15.5 Å². The standard InChI is InChI=1S/C25H20N4OS2/c26-25-29(22(17-31-25)18-7-3-1-4-8-18)24-23(30-19-9-5-2-6-10-19)15-21(16-28-24)32-20-11-13-27-14-12-20/h1-17,25H,26H2.